The Bertz CT molecular complexity index is 1670. The number of likely N-dealkylation sites (N-methyl/N-ethyl adjacent to an activating group) is 1. The lowest BCUT2D eigenvalue weighted by atomic mass is 9.88. The number of carbonyl (C=O) groups is 1. The maximum atomic E-state index is 15.4. The van der Waals surface area contributed by atoms with Crippen molar-refractivity contribution >= 4 is 27.8 Å². The Balaban J connectivity index is 1.33. The summed E-state index contributed by atoms with van der Waals surface area (Å²) in [6, 6.07) is 9.63. The summed E-state index contributed by atoms with van der Waals surface area (Å²) in [6.07, 6.45) is 11.0. The van der Waals surface area contributed by atoms with Gasteiger partial charge in [-0.05, 0) is 49.7 Å². The van der Waals surface area contributed by atoms with Crippen molar-refractivity contribution in [2.45, 2.75) is 51.6 Å². The summed E-state index contributed by atoms with van der Waals surface area (Å²) in [7, 11) is 1.85. The predicted molar refractivity (Wildman–Crippen MR) is 155 cm³/mol. The highest BCUT2D eigenvalue weighted by Crippen LogP contribution is 2.36. The third-order valence-electron chi connectivity index (χ3n) is 8.22. The minimum absolute atomic E-state index is 0.0877. The molecule has 2 atom stereocenters. The molecule has 1 amide bonds. The van der Waals surface area contributed by atoms with E-state index in [-0.39, 0.29) is 11.9 Å². The van der Waals surface area contributed by atoms with E-state index < -0.39 is 5.82 Å². The first kappa shape index (κ1) is 26.1. The molecular weight excluding hydrogens is 505 g/mol. The number of nitrogens with one attached hydrogen (secondary N) is 2. The van der Waals surface area contributed by atoms with E-state index in [0.717, 1.165) is 54.5 Å². The van der Waals surface area contributed by atoms with Crippen molar-refractivity contribution < 1.29 is 9.18 Å². The fourth-order valence-electron chi connectivity index (χ4n) is 6.18. The molecule has 6 rings (SSSR count). The van der Waals surface area contributed by atoms with Crippen LogP contribution in [0.15, 0.2) is 55.1 Å². The lowest BCUT2D eigenvalue weighted by Gasteiger charge is -2.39. The van der Waals surface area contributed by atoms with Gasteiger partial charge in [0.1, 0.15) is 11.5 Å². The maximum Gasteiger partial charge on any atom is 0.251 e. The normalized spacial score (nSPS) is 17.6. The van der Waals surface area contributed by atoms with E-state index in [2.05, 4.69) is 44.1 Å². The van der Waals surface area contributed by atoms with E-state index in [1.807, 2.05) is 31.4 Å². The fraction of sp³-hybridized carbons (Fsp3) is 0.355. The van der Waals surface area contributed by atoms with Crippen LogP contribution in [0.3, 0.4) is 0 Å². The SMILES string of the molecule is CCN(CC)C1CCCC[C@@H]1NC(=O)c1ccc(-c2c(F)cnc3[nH]c4cnc(-c5cnn(C)c5)cc4c23)cc1. The van der Waals surface area contributed by atoms with Gasteiger partial charge in [-0.15, -0.1) is 0 Å². The zero-order chi connectivity index (χ0) is 27.8. The summed E-state index contributed by atoms with van der Waals surface area (Å²) in [5.74, 6) is -0.509. The lowest BCUT2D eigenvalue weighted by Crippen LogP contribution is -2.53. The number of aromatic nitrogens is 5. The molecule has 8 nitrogen and oxygen atoms in total. The number of hydrogen-bond donors (Lipinski definition) is 2. The number of rotatable bonds is 7. The van der Waals surface area contributed by atoms with Crippen molar-refractivity contribution in [3.8, 4) is 22.4 Å². The number of halogens is 1. The molecule has 0 bridgehead atoms. The highest BCUT2D eigenvalue weighted by Gasteiger charge is 2.30. The molecule has 4 heterocycles. The zero-order valence-electron chi connectivity index (χ0n) is 23.1. The van der Waals surface area contributed by atoms with Crippen LogP contribution in [0, 0.1) is 5.82 Å². The van der Waals surface area contributed by atoms with Crippen LogP contribution in [-0.2, 0) is 7.05 Å². The van der Waals surface area contributed by atoms with E-state index in [1.165, 1.54) is 12.6 Å². The molecule has 5 aromatic rings. The van der Waals surface area contributed by atoms with E-state index in [4.69, 9.17) is 0 Å². The van der Waals surface area contributed by atoms with Crippen LogP contribution in [0.25, 0.3) is 44.3 Å². The Hall–Kier alpha value is -4.11. The minimum Gasteiger partial charge on any atom is -0.348 e. The molecule has 206 valence electrons. The van der Waals surface area contributed by atoms with Crippen molar-refractivity contribution in [2.24, 2.45) is 7.05 Å². The average molecular weight is 540 g/mol. The molecule has 1 aromatic carbocycles. The smallest absolute Gasteiger partial charge is 0.251 e. The summed E-state index contributed by atoms with van der Waals surface area (Å²) in [5.41, 5.74) is 4.67. The fourth-order valence-corrected chi connectivity index (χ4v) is 6.18. The topological polar surface area (TPSA) is 91.7 Å². The van der Waals surface area contributed by atoms with Crippen LogP contribution in [0.4, 0.5) is 4.39 Å². The zero-order valence-corrected chi connectivity index (χ0v) is 23.1. The van der Waals surface area contributed by atoms with E-state index >= 15 is 4.39 Å². The largest absolute Gasteiger partial charge is 0.348 e. The number of aromatic amines is 1. The Morgan fingerprint density at radius 1 is 1.07 bits per heavy atom. The molecule has 1 aliphatic rings. The van der Waals surface area contributed by atoms with Gasteiger partial charge in [0.25, 0.3) is 5.91 Å². The van der Waals surface area contributed by atoms with Crippen molar-refractivity contribution in [1.29, 1.82) is 0 Å². The molecule has 0 saturated heterocycles. The lowest BCUT2D eigenvalue weighted by molar-refractivity contribution is 0.0846. The Kier molecular flexibility index (Phi) is 7.06. The van der Waals surface area contributed by atoms with Gasteiger partial charge in [-0.3, -0.25) is 19.4 Å². The van der Waals surface area contributed by atoms with Crippen molar-refractivity contribution in [3.63, 3.8) is 0 Å². The van der Waals surface area contributed by atoms with Gasteiger partial charge in [0.2, 0.25) is 0 Å². The Morgan fingerprint density at radius 3 is 2.58 bits per heavy atom. The van der Waals surface area contributed by atoms with Gasteiger partial charge < -0.3 is 10.3 Å². The molecule has 1 fully saturated rings. The molecule has 1 aliphatic carbocycles. The third-order valence-corrected chi connectivity index (χ3v) is 8.22. The molecule has 0 aliphatic heterocycles. The van der Waals surface area contributed by atoms with E-state index in [0.29, 0.717) is 33.8 Å². The third kappa shape index (κ3) is 4.75. The summed E-state index contributed by atoms with van der Waals surface area (Å²) in [5, 5.41) is 9.05. The molecule has 1 unspecified atom stereocenters. The molecule has 40 heavy (non-hydrogen) atoms. The van der Waals surface area contributed by atoms with Crippen LogP contribution in [0.5, 0.6) is 0 Å². The van der Waals surface area contributed by atoms with Gasteiger partial charge in [0.05, 0.1) is 29.8 Å². The molecule has 9 heteroatoms. The van der Waals surface area contributed by atoms with E-state index in [1.54, 1.807) is 29.2 Å². The monoisotopic (exact) mass is 539 g/mol. The first-order valence-electron chi connectivity index (χ1n) is 14.1. The van der Waals surface area contributed by atoms with Gasteiger partial charge >= 0.3 is 0 Å². The second-order valence-corrected chi connectivity index (χ2v) is 10.6. The number of benzene rings is 1. The first-order chi connectivity index (χ1) is 19.5. The van der Waals surface area contributed by atoms with Crippen molar-refractivity contribution in [2.75, 3.05) is 13.1 Å². The van der Waals surface area contributed by atoms with Crippen LogP contribution >= 0.6 is 0 Å². The molecule has 1 saturated carbocycles. The Morgan fingerprint density at radius 2 is 1.85 bits per heavy atom. The quantitative estimate of drug-likeness (QED) is 0.277. The van der Waals surface area contributed by atoms with E-state index in [9.17, 15) is 4.79 Å². The minimum atomic E-state index is -0.422. The highest BCUT2D eigenvalue weighted by atomic mass is 19.1. The Labute approximate surface area is 232 Å². The summed E-state index contributed by atoms with van der Waals surface area (Å²) < 4.78 is 17.1. The molecule has 4 aromatic heterocycles. The van der Waals surface area contributed by atoms with Gasteiger partial charge in [-0.1, -0.05) is 38.8 Å². The molecule has 2 N–H and O–H groups in total. The standard InChI is InChI=1S/C31H34FN7O/c1-4-39(5-2)27-9-7-6-8-24(27)37-31(40)20-12-10-19(11-13-20)28-23(32)16-34-30-29(28)22-14-25(33-17-26(22)36-30)21-15-35-38(3)18-21/h10-18,24,27H,4-9H2,1-3H3,(H,34,36)(H,37,40)/t24-,27?/m0/s1. The summed E-state index contributed by atoms with van der Waals surface area (Å²) in [6.45, 7) is 6.30. The number of nitrogens with zero attached hydrogens (tertiary/aromatic N) is 5. The van der Waals surface area contributed by atoms with Gasteiger partial charge in [0.15, 0.2) is 0 Å². The summed E-state index contributed by atoms with van der Waals surface area (Å²) in [4.78, 5) is 27.8. The average Bonchev–Trinajstić information content (AvgIpc) is 3.57. The number of aryl methyl sites for hydroxylation is 1. The number of carbonyl (C=O) groups excluding carboxylic acids is 1. The predicted octanol–water partition coefficient (Wildman–Crippen LogP) is 5.70. The van der Waals surface area contributed by atoms with Gasteiger partial charge in [-0.25, -0.2) is 9.37 Å². The first-order valence-corrected chi connectivity index (χ1v) is 14.1. The maximum absolute atomic E-state index is 15.4. The van der Waals surface area contributed by atoms with Crippen LogP contribution < -0.4 is 5.32 Å². The number of hydrogen-bond acceptors (Lipinski definition) is 5. The number of amides is 1. The van der Waals surface area contributed by atoms with Crippen molar-refractivity contribution in [3.05, 3.63) is 66.5 Å². The number of pyridine rings is 2. The number of H-pyrrole nitrogens is 1. The second kappa shape index (κ2) is 10.8. The van der Waals surface area contributed by atoms with Crippen LogP contribution in [0.2, 0.25) is 0 Å². The van der Waals surface area contributed by atoms with Gasteiger partial charge in [-0.2, -0.15) is 5.10 Å². The second-order valence-electron chi connectivity index (χ2n) is 10.6. The van der Waals surface area contributed by atoms with Gasteiger partial charge in [0, 0.05) is 52.8 Å². The number of fused-ring (bicyclic) bond motifs is 3. The molecular formula is C31H34FN7O. The molecule has 0 radical (unpaired) electrons. The highest BCUT2D eigenvalue weighted by molar-refractivity contribution is 6.13. The summed E-state index contributed by atoms with van der Waals surface area (Å²) >= 11 is 0. The van der Waals surface area contributed by atoms with Crippen LogP contribution in [-0.4, -0.2) is 60.7 Å². The van der Waals surface area contributed by atoms with Crippen LogP contribution in [0.1, 0.15) is 49.9 Å². The molecule has 0 spiro atoms. The van der Waals surface area contributed by atoms with Crippen molar-refractivity contribution in [1.82, 2.24) is 34.9 Å².